The quantitative estimate of drug-likeness (QED) is 0.259. The zero-order chi connectivity index (χ0) is 35.7. The average molecular weight is 711 g/mol. The zero-order valence-electron chi connectivity index (χ0n) is 26.5. The minimum Gasteiger partial charge on any atom is -0.336 e. The SMILES string of the molecule is Cc1ccc(CN2C(=O)CC[C@H]2C(=O)N2CCC3(S(=O)(=O)c4cccc(C)c4)c4ccc(C(F)(C(F)(F)F)C(F)(F)F)cc4CCC23)cc1. The van der Waals surface area contributed by atoms with Gasteiger partial charge in [-0.05, 0) is 73.9 Å². The van der Waals surface area contributed by atoms with Gasteiger partial charge in [-0.15, -0.1) is 0 Å². The lowest BCUT2D eigenvalue weighted by atomic mass is 9.76. The van der Waals surface area contributed by atoms with E-state index in [1.807, 2.05) is 31.2 Å². The predicted molar refractivity (Wildman–Crippen MR) is 165 cm³/mol. The summed E-state index contributed by atoms with van der Waals surface area (Å²) < 4.78 is 125. The van der Waals surface area contributed by atoms with Crippen LogP contribution in [0.15, 0.2) is 71.6 Å². The van der Waals surface area contributed by atoms with Crippen molar-refractivity contribution in [3.63, 3.8) is 0 Å². The molecule has 2 fully saturated rings. The number of benzene rings is 3. The van der Waals surface area contributed by atoms with Crippen LogP contribution in [-0.4, -0.2) is 61.0 Å². The highest BCUT2D eigenvalue weighted by molar-refractivity contribution is 7.92. The molecular weight excluding hydrogens is 677 g/mol. The van der Waals surface area contributed by atoms with E-state index in [1.54, 1.807) is 13.0 Å². The van der Waals surface area contributed by atoms with Gasteiger partial charge in [-0.2, -0.15) is 26.3 Å². The lowest BCUT2D eigenvalue weighted by molar-refractivity contribution is -0.348. The third kappa shape index (κ3) is 5.41. The van der Waals surface area contributed by atoms with E-state index in [9.17, 15) is 44.3 Å². The molecule has 0 N–H and O–H groups in total. The summed E-state index contributed by atoms with van der Waals surface area (Å²) in [6.45, 7) is 3.62. The third-order valence-corrected chi connectivity index (χ3v) is 12.7. The number of fused-ring (bicyclic) bond motifs is 3. The van der Waals surface area contributed by atoms with Crippen molar-refractivity contribution in [2.24, 2.45) is 0 Å². The zero-order valence-corrected chi connectivity index (χ0v) is 27.4. The van der Waals surface area contributed by atoms with E-state index in [1.165, 1.54) is 28.0 Å². The van der Waals surface area contributed by atoms with Gasteiger partial charge in [0.2, 0.25) is 11.8 Å². The molecule has 6 nitrogen and oxygen atoms in total. The molecule has 2 heterocycles. The molecule has 3 atom stereocenters. The van der Waals surface area contributed by atoms with E-state index >= 15 is 4.39 Å². The summed E-state index contributed by atoms with van der Waals surface area (Å²) in [6, 6.07) is 13.0. The molecular formula is C35H33F7N2O4S. The molecule has 2 amide bonds. The first-order chi connectivity index (χ1) is 22.8. The van der Waals surface area contributed by atoms with Crippen molar-refractivity contribution in [2.75, 3.05) is 6.54 Å². The molecule has 3 aromatic carbocycles. The Kier molecular flexibility index (Phi) is 8.44. The number of nitrogens with zero attached hydrogens (tertiary/aromatic N) is 2. The van der Waals surface area contributed by atoms with Crippen LogP contribution < -0.4 is 0 Å². The van der Waals surface area contributed by atoms with Crippen LogP contribution >= 0.6 is 0 Å². The average Bonchev–Trinajstić information content (AvgIpc) is 3.61. The molecule has 2 aliphatic heterocycles. The molecule has 6 rings (SSSR count). The van der Waals surface area contributed by atoms with Crippen LogP contribution in [0.3, 0.4) is 0 Å². The Bertz CT molecular complexity index is 1900. The number of hydrogen-bond donors (Lipinski definition) is 0. The summed E-state index contributed by atoms with van der Waals surface area (Å²) in [5.74, 6) is -0.733. The second kappa shape index (κ2) is 11.8. The number of sulfone groups is 1. The second-order valence-electron chi connectivity index (χ2n) is 13.1. The third-order valence-electron chi connectivity index (χ3n) is 10.2. The Balaban J connectivity index is 1.45. The van der Waals surface area contributed by atoms with Crippen LogP contribution in [0.4, 0.5) is 30.7 Å². The van der Waals surface area contributed by atoms with Gasteiger partial charge >= 0.3 is 18.0 Å². The van der Waals surface area contributed by atoms with E-state index in [-0.39, 0.29) is 67.1 Å². The molecule has 0 bridgehead atoms. The number of alkyl halides is 7. The summed E-state index contributed by atoms with van der Waals surface area (Å²) in [7, 11) is -4.48. The molecule has 2 unspecified atom stereocenters. The topological polar surface area (TPSA) is 74.8 Å². The van der Waals surface area contributed by atoms with Crippen molar-refractivity contribution in [1.29, 1.82) is 0 Å². The molecule has 3 aliphatic rings. The molecule has 0 radical (unpaired) electrons. The van der Waals surface area contributed by atoms with E-state index in [2.05, 4.69) is 0 Å². The molecule has 0 aromatic heterocycles. The molecule has 1 aliphatic carbocycles. The molecule has 49 heavy (non-hydrogen) atoms. The summed E-state index contributed by atoms with van der Waals surface area (Å²) in [4.78, 5) is 30.0. The van der Waals surface area contributed by atoms with Gasteiger partial charge in [0.15, 0.2) is 9.84 Å². The van der Waals surface area contributed by atoms with Crippen molar-refractivity contribution in [3.8, 4) is 0 Å². The number of likely N-dealkylation sites (tertiary alicyclic amines) is 2. The van der Waals surface area contributed by atoms with E-state index in [4.69, 9.17) is 0 Å². The van der Waals surface area contributed by atoms with E-state index < -0.39 is 56.2 Å². The fourth-order valence-electron chi connectivity index (χ4n) is 7.76. The highest BCUT2D eigenvalue weighted by atomic mass is 32.2. The Morgan fingerprint density at radius 3 is 2.16 bits per heavy atom. The van der Waals surface area contributed by atoms with Crippen molar-refractivity contribution >= 4 is 21.7 Å². The van der Waals surface area contributed by atoms with Crippen molar-refractivity contribution in [1.82, 2.24) is 9.80 Å². The van der Waals surface area contributed by atoms with Crippen molar-refractivity contribution < 1.29 is 48.7 Å². The largest absolute Gasteiger partial charge is 0.435 e. The fraction of sp³-hybridized carbons (Fsp3) is 0.429. The van der Waals surface area contributed by atoms with Crippen LogP contribution in [0.2, 0.25) is 0 Å². The van der Waals surface area contributed by atoms with Crippen molar-refractivity contribution in [3.05, 3.63) is 100 Å². The van der Waals surface area contributed by atoms with Gasteiger partial charge in [-0.25, -0.2) is 12.8 Å². The minimum atomic E-state index is -6.35. The fourth-order valence-corrected chi connectivity index (χ4v) is 10.2. The monoisotopic (exact) mass is 710 g/mol. The van der Waals surface area contributed by atoms with Crippen LogP contribution in [0, 0.1) is 13.8 Å². The van der Waals surface area contributed by atoms with Gasteiger partial charge in [0.1, 0.15) is 10.8 Å². The summed E-state index contributed by atoms with van der Waals surface area (Å²) in [5, 5.41) is 0. The molecule has 0 saturated carbocycles. The first-order valence-electron chi connectivity index (χ1n) is 15.8. The highest BCUT2D eigenvalue weighted by Gasteiger charge is 2.74. The second-order valence-corrected chi connectivity index (χ2v) is 15.3. The van der Waals surface area contributed by atoms with E-state index in [0.29, 0.717) is 17.7 Å². The van der Waals surface area contributed by atoms with E-state index in [0.717, 1.165) is 17.2 Å². The maximum Gasteiger partial charge on any atom is 0.435 e. The Morgan fingerprint density at radius 2 is 1.53 bits per heavy atom. The molecule has 0 spiro atoms. The molecule has 14 heteroatoms. The van der Waals surface area contributed by atoms with Crippen molar-refractivity contribution in [2.45, 2.75) is 92.2 Å². The number of halogens is 7. The Labute approximate surface area is 278 Å². The molecule has 2 saturated heterocycles. The van der Waals surface area contributed by atoms with Gasteiger partial charge in [0.05, 0.1) is 10.9 Å². The van der Waals surface area contributed by atoms with Crippen LogP contribution in [0.1, 0.15) is 59.1 Å². The predicted octanol–water partition coefficient (Wildman–Crippen LogP) is 7.00. The smallest absolute Gasteiger partial charge is 0.336 e. The summed E-state index contributed by atoms with van der Waals surface area (Å²) >= 11 is 0. The van der Waals surface area contributed by atoms with Crippen LogP contribution in [-0.2, 0) is 42.8 Å². The molecule has 3 aromatic rings. The van der Waals surface area contributed by atoms with Gasteiger partial charge in [0, 0.05) is 25.1 Å². The van der Waals surface area contributed by atoms with Gasteiger partial charge in [-0.1, -0.05) is 60.2 Å². The molecule has 262 valence electrons. The van der Waals surface area contributed by atoms with Gasteiger partial charge in [-0.3, -0.25) is 9.59 Å². The van der Waals surface area contributed by atoms with Crippen LogP contribution in [0.5, 0.6) is 0 Å². The highest BCUT2D eigenvalue weighted by Crippen LogP contribution is 2.57. The number of rotatable bonds is 6. The Morgan fingerprint density at radius 1 is 0.857 bits per heavy atom. The standard InChI is InChI=1S/C35H33F7N2O4S/c1-21-6-8-23(9-7-21)20-44-28(13-15-30(44)45)31(46)43-17-16-32(49(47,48)26-5-3-4-22(2)18-26)27-12-11-25(19-24(27)10-14-29(32)43)33(36,34(37,38)39)35(40,41)42/h3-9,11-12,18-19,28-29H,10,13-17,20H2,1-2H3/t28-,29?,32?/m0/s1. The number of amides is 2. The van der Waals surface area contributed by atoms with Gasteiger partial charge < -0.3 is 9.80 Å². The summed E-state index contributed by atoms with van der Waals surface area (Å²) in [6.07, 6.45) is -13.0. The first kappa shape index (κ1) is 34.9. The number of carbonyl (C=O) groups excluding carboxylic acids is 2. The number of carbonyl (C=O) groups is 2. The normalized spacial score (nSPS) is 23.1. The van der Waals surface area contributed by atoms with Crippen LogP contribution in [0.25, 0.3) is 0 Å². The maximum atomic E-state index is 15.1. The minimum absolute atomic E-state index is 0.0741. The lowest BCUT2D eigenvalue weighted by Crippen LogP contribution is -2.55. The van der Waals surface area contributed by atoms with Gasteiger partial charge in [0.25, 0.3) is 0 Å². The number of aryl methyl sites for hydroxylation is 3. The number of hydrogen-bond acceptors (Lipinski definition) is 4. The Hall–Kier alpha value is -3.94. The first-order valence-corrected chi connectivity index (χ1v) is 17.2. The summed E-state index contributed by atoms with van der Waals surface area (Å²) in [5.41, 5.74) is -5.26. The lowest BCUT2D eigenvalue weighted by Gasteiger charge is -2.43. The maximum absolute atomic E-state index is 15.1.